The molecule has 0 spiro atoms. The second-order valence-electron chi connectivity index (χ2n) is 4.02. The number of phenolic OH excluding ortho intramolecular Hbond substituents is 1. The minimum absolute atomic E-state index is 0.00368. The maximum Gasteiger partial charge on any atom is 0.228 e. The number of ether oxygens (including phenoxy) is 1. The van der Waals surface area contributed by atoms with Gasteiger partial charge in [-0.3, -0.25) is 4.79 Å². The molecule has 0 aliphatic carbocycles. The molecular formula is C12H18N2O3. The Morgan fingerprint density at radius 3 is 2.65 bits per heavy atom. The summed E-state index contributed by atoms with van der Waals surface area (Å²) < 4.78 is 5.01. The summed E-state index contributed by atoms with van der Waals surface area (Å²) in [6, 6.07) is 4.38. The largest absolute Gasteiger partial charge is 0.506 e. The molecule has 1 aromatic rings. The van der Waals surface area contributed by atoms with Gasteiger partial charge in [0.25, 0.3) is 0 Å². The molecule has 2 unspecified atom stereocenters. The summed E-state index contributed by atoms with van der Waals surface area (Å²) in [6.07, 6.45) is 0. The lowest BCUT2D eigenvalue weighted by Gasteiger charge is -2.16. The summed E-state index contributed by atoms with van der Waals surface area (Å²) in [6.45, 7) is 3.49. The number of nitrogens with two attached hydrogens (primary N) is 1. The number of benzene rings is 1. The molecule has 0 aliphatic rings. The van der Waals surface area contributed by atoms with Crippen molar-refractivity contribution in [3.05, 3.63) is 18.2 Å². The topological polar surface area (TPSA) is 84.6 Å². The van der Waals surface area contributed by atoms with E-state index in [9.17, 15) is 9.90 Å². The lowest BCUT2D eigenvalue weighted by molar-refractivity contribution is -0.119. The molecule has 2 atom stereocenters. The van der Waals surface area contributed by atoms with Crippen molar-refractivity contribution in [3.8, 4) is 11.5 Å². The average molecular weight is 238 g/mol. The molecule has 5 heteroatoms. The second kappa shape index (κ2) is 5.54. The number of anilines is 1. The molecule has 0 bridgehead atoms. The molecule has 1 amide bonds. The molecule has 0 saturated carbocycles. The Balaban J connectivity index is 2.84. The number of carbonyl (C=O) groups is 1. The standard InChI is InChI=1S/C12H18N2O3/c1-7(8(2)13)12(16)14-10-6-9(17-3)4-5-11(10)15/h4-8,15H,13H2,1-3H3,(H,14,16). The smallest absolute Gasteiger partial charge is 0.228 e. The Labute approximate surface area is 101 Å². The monoisotopic (exact) mass is 238 g/mol. The van der Waals surface area contributed by atoms with Gasteiger partial charge in [-0.25, -0.2) is 0 Å². The van der Waals surface area contributed by atoms with Crippen LogP contribution in [0.25, 0.3) is 0 Å². The highest BCUT2D eigenvalue weighted by molar-refractivity contribution is 5.94. The van der Waals surface area contributed by atoms with E-state index in [-0.39, 0.29) is 23.6 Å². The van der Waals surface area contributed by atoms with E-state index in [4.69, 9.17) is 10.5 Å². The van der Waals surface area contributed by atoms with Crippen LogP contribution in [0.5, 0.6) is 11.5 Å². The van der Waals surface area contributed by atoms with Crippen molar-refractivity contribution in [2.24, 2.45) is 11.7 Å². The van der Waals surface area contributed by atoms with Gasteiger partial charge < -0.3 is 20.9 Å². The Kier molecular flexibility index (Phi) is 4.34. The predicted octanol–water partition coefficient (Wildman–Crippen LogP) is 1.32. The van der Waals surface area contributed by atoms with E-state index in [1.165, 1.54) is 13.2 Å². The van der Waals surface area contributed by atoms with Crippen LogP contribution >= 0.6 is 0 Å². The first kappa shape index (κ1) is 13.3. The summed E-state index contributed by atoms with van der Waals surface area (Å²) in [5, 5.41) is 12.2. The van der Waals surface area contributed by atoms with Crippen molar-refractivity contribution in [1.82, 2.24) is 0 Å². The zero-order chi connectivity index (χ0) is 13.0. The molecule has 5 nitrogen and oxygen atoms in total. The maximum absolute atomic E-state index is 11.8. The minimum Gasteiger partial charge on any atom is -0.506 e. The normalized spacial score (nSPS) is 13.9. The fourth-order valence-corrected chi connectivity index (χ4v) is 1.23. The van der Waals surface area contributed by atoms with Gasteiger partial charge in [-0.2, -0.15) is 0 Å². The van der Waals surface area contributed by atoms with E-state index in [1.54, 1.807) is 26.0 Å². The first-order valence-electron chi connectivity index (χ1n) is 5.39. The van der Waals surface area contributed by atoms with E-state index in [0.717, 1.165) is 0 Å². The van der Waals surface area contributed by atoms with Crippen LogP contribution in [-0.4, -0.2) is 24.2 Å². The van der Waals surface area contributed by atoms with Crippen LogP contribution in [0.15, 0.2) is 18.2 Å². The van der Waals surface area contributed by atoms with E-state index in [0.29, 0.717) is 11.4 Å². The highest BCUT2D eigenvalue weighted by Gasteiger charge is 2.18. The van der Waals surface area contributed by atoms with Gasteiger partial charge in [0.1, 0.15) is 11.5 Å². The fourth-order valence-electron chi connectivity index (χ4n) is 1.23. The van der Waals surface area contributed by atoms with Crippen molar-refractivity contribution in [1.29, 1.82) is 0 Å². The second-order valence-corrected chi connectivity index (χ2v) is 4.02. The SMILES string of the molecule is COc1ccc(O)c(NC(=O)C(C)C(C)N)c1. The number of phenols is 1. The van der Waals surface area contributed by atoms with E-state index < -0.39 is 0 Å². The number of amides is 1. The van der Waals surface area contributed by atoms with Crippen LogP contribution in [0, 0.1) is 5.92 Å². The Bertz CT molecular complexity index is 405. The van der Waals surface area contributed by atoms with Crippen LogP contribution in [-0.2, 0) is 4.79 Å². The van der Waals surface area contributed by atoms with Gasteiger partial charge in [-0.1, -0.05) is 6.92 Å². The first-order chi connectivity index (χ1) is 7.95. The van der Waals surface area contributed by atoms with Crippen LogP contribution in [0.4, 0.5) is 5.69 Å². The number of methoxy groups -OCH3 is 1. The Morgan fingerprint density at radius 1 is 1.47 bits per heavy atom. The molecule has 0 saturated heterocycles. The highest BCUT2D eigenvalue weighted by Crippen LogP contribution is 2.28. The van der Waals surface area contributed by atoms with E-state index in [1.807, 2.05) is 0 Å². The zero-order valence-electron chi connectivity index (χ0n) is 10.2. The number of aromatic hydroxyl groups is 1. The molecule has 94 valence electrons. The lowest BCUT2D eigenvalue weighted by Crippen LogP contribution is -2.34. The molecule has 4 N–H and O–H groups in total. The van der Waals surface area contributed by atoms with Crippen LogP contribution in [0.2, 0.25) is 0 Å². The van der Waals surface area contributed by atoms with Gasteiger partial charge in [0.15, 0.2) is 0 Å². The van der Waals surface area contributed by atoms with Gasteiger partial charge >= 0.3 is 0 Å². The number of hydrogen-bond donors (Lipinski definition) is 3. The molecule has 0 radical (unpaired) electrons. The third kappa shape index (κ3) is 3.35. The third-order valence-electron chi connectivity index (χ3n) is 2.66. The first-order valence-corrected chi connectivity index (χ1v) is 5.39. The molecule has 17 heavy (non-hydrogen) atoms. The average Bonchev–Trinajstić information content (AvgIpc) is 2.30. The summed E-state index contributed by atoms with van der Waals surface area (Å²) in [5.41, 5.74) is 5.96. The number of carbonyl (C=O) groups excluding carboxylic acids is 1. The highest BCUT2D eigenvalue weighted by atomic mass is 16.5. The molecule has 1 rings (SSSR count). The minimum atomic E-state index is -0.333. The molecule has 0 fully saturated rings. The fraction of sp³-hybridized carbons (Fsp3) is 0.417. The van der Waals surface area contributed by atoms with Gasteiger partial charge in [-0.05, 0) is 19.1 Å². The van der Waals surface area contributed by atoms with Crippen molar-refractivity contribution in [2.45, 2.75) is 19.9 Å². The zero-order valence-corrected chi connectivity index (χ0v) is 10.2. The van der Waals surface area contributed by atoms with E-state index in [2.05, 4.69) is 5.32 Å². The van der Waals surface area contributed by atoms with Crippen LogP contribution in [0.1, 0.15) is 13.8 Å². The summed E-state index contributed by atoms with van der Waals surface area (Å²) in [7, 11) is 1.52. The summed E-state index contributed by atoms with van der Waals surface area (Å²) in [5.74, 6) is -0.00766. The van der Waals surface area contributed by atoms with Crippen molar-refractivity contribution in [3.63, 3.8) is 0 Å². The van der Waals surface area contributed by atoms with Crippen molar-refractivity contribution < 1.29 is 14.6 Å². The van der Waals surface area contributed by atoms with E-state index >= 15 is 0 Å². The maximum atomic E-state index is 11.8. The molecule has 0 heterocycles. The van der Waals surface area contributed by atoms with Crippen LogP contribution in [0.3, 0.4) is 0 Å². The number of rotatable bonds is 4. The van der Waals surface area contributed by atoms with Crippen LogP contribution < -0.4 is 15.8 Å². The van der Waals surface area contributed by atoms with Crippen molar-refractivity contribution in [2.75, 3.05) is 12.4 Å². The Morgan fingerprint density at radius 2 is 2.12 bits per heavy atom. The predicted molar refractivity (Wildman–Crippen MR) is 66.1 cm³/mol. The number of nitrogens with one attached hydrogen (secondary N) is 1. The quantitative estimate of drug-likeness (QED) is 0.691. The molecule has 0 aliphatic heterocycles. The van der Waals surface area contributed by atoms with Gasteiger partial charge in [-0.15, -0.1) is 0 Å². The van der Waals surface area contributed by atoms with Gasteiger partial charge in [0, 0.05) is 12.1 Å². The summed E-state index contributed by atoms with van der Waals surface area (Å²) in [4.78, 5) is 11.8. The van der Waals surface area contributed by atoms with Gasteiger partial charge in [0.2, 0.25) is 5.91 Å². The molecule has 0 aromatic heterocycles. The lowest BCUT2D eigenvalue weighted by atomic mass is 10.0. The van der Waals surface area contributed by atoms with Crippen molar-refractivity contribution >= 4 is 11.6 Å². The summed E-state index contributed by atoms with van der Waals surface area (Å²) >= 11 is 0. The third-order valence-corrected chi connectivity index (χ3v) is 2.66. The Hall–Kier alpha value is -1.75. The molecular weight excluding hydrogens is 220 g/mol. The van der Waals surface area contributed by atoms with Gasteiger partial charge in [0.05, 0.1) is 18.7 Å². The molecule has 1 aromatic carbocycles. The number of hydrogen-bond acceptors (Lipinski definition) is 4.